The molecule has 4 heterocycles. The van der Waals surface area contributed by atoms with E-state index in [1.54, 1.807) is 36.3 Å². The second-order valence-electron chi connectivity index (χ2n) is 8.88. The Morgan fingerprint density at radius 2 is 1.97 bits per heavy atom. The minimum atomic E-state index is -4.63. The summed E-state index contributed by atoms with van der Waals surface area (Å²) in [7, 11) is 1.80. The number of ether oxygens (including phenoxy) is 1. The molecule has 3 aromatic rings. The van der Waals surface area contributed by atoms with E-state index >= 15 is 0 Å². The molecular formula is C23H24F3N9O3. The number of amides is 2. The molecule has 0 aromatic carbocycles. The Morgan fingerprint density at radius 1 is 1.24 bits per heavy atom. The number of rotatable bonds is 7. The Kier molecular flexibility index (Phi) is 7.24. The SMILES string of the molecule is Cn1cc(-c2ccc(Nc3nn(C4(CC#N)CCN(C(=O)OCC(F)(F)F)CC4)cc3C(N)=O)cn2)cn1. The van der Waals surface area contributed by atoms with Crippen LogP contribution in [0.25, 0.3) is 11.3 Å². The van der Waals surface area contributed by atoms with Crippen LogP contribution < -0.4 is 11.1 Å². The number of likely N-dealkylation sites (tertiary alicyclic amines) is 1. The first-order chi connectivity index (χ1) is 18.0. The maximum atomic E-state index is 12.4. The molecule has 12 nitrogen and oxygen atoms in total. The van der Waals surface area contributed by atoms with Gasteiger partial charge >= 0.3 is 12.3 Å². The van der Waals surface area contributed by atoms with Crippen LogP contribution in [0.4, 0.5) is 29.5 Å². The van der Waals surface area contributed by atoms with Crippen LogP contribution in [-0.4, -0.2) is 67.3 Å². The second-order valence-corrected chi connectivity index (χ2v) is 8.88. The van der Waals surface area contributed by atoms with Crippen LogP contribution in [0, 0.1) is 11.3 Å². The monoisotopic (exact) mass is 531 g/mol. The molecule has 4 rings (SSSR count). The number of nitriles is 1. The first-order valence-electron chi connectivity index (χ1n) is 11.5. The zero-order valence-electron chi connectivity index (χ0n) is 20.3. The predicted molar refractivity (Wildman–Crippen MR) is 127 cm³/mol. The molecule has 3 aromatic heterocycles. The summed E-state index contributed by atoms with van der Waals surface area (Å²) in [6.45, 7) is -1.61. The van der Waals surface area contributed by atoms with Gasteiger partial charge in [-0.05, 0) is 25.0 Å². The molecule has 15 heteroatoms. The number of nitrogens with two attached hydrogens (primary N) is 1. The Bertz CT molecular complexity index is 1350. The number of nitrogens with zero attached hydrogens (tertiary/aromatic N) is 7. The van der Waals surface area contributed by atoms with E-state index in [0.29, 0.717) is 11.4 Å². The molecule has 200 valence electrons. The lowest BCUT2D eigenvalue weighted by molar-refractivity contribution is -0.162. The number of hydrogen-bond donors (Lipinski definition) is 2. The largest absolute Gasteiger partial charge is 0.440 e. The van der Waals surface area contributed by atoms with Crippen molar-refractivity contribution in [1.82, 2.24) is 29.4 Å². The molecule has 0 bridgehead atoms. The fourth-order valence-electron chi connectivity index (χ4n) is 4.19. The summed E-state index contributed by atoms with van der Waals surface area (Å²) in [6.07, 6.45) is 1.14. The molecule has 1 fully saturated rings. The Labute approximate surface area is 214 Å². The van der Waals surface area contributed by atoms with E-state index in [4.69, 9.17) is 5.73 Å². The quantitative estimate of drug-likeness (QED) is 0.471. The summed E-state index contributed by atoms with van der Waals surface area (Å²) in [5.41, 5.74) is 6.79. The van der Waals surface area contributed by atoms with Crippen molar-refractivity contribution in [2.75, 3.05) is 25.0 Å². The molecule has 1 aliphatic rings. The van der Waals surface area contributed by atoms with Crippen molar-refractivity contribution in [1.29, 1.82) is 5.26 Å². The first kappa shape index (κ1) is 26.5. The number of carbonyl (C=O) groups excluding carboxylic acids is 2. The third-order valence-electron chi connectivity index (χ3n) is 6.21. The van der Waals surface area contributed by atoms with E-state index in [-0.39, 0.29) is 43.7 Å². The van der Waals surface area contributed by atoms with Gasteiger partial charge in [0.05, 0.1) is 41.8 Å². The summed E-state index contributed by atoms with van der Waals surface area (Å²) in [4.78, 5) is 29.8. The van der Waals surface area contributed by atoms with Crippen molar-refractivity contribution in [2.24, 2.45) is 12.8 Å². The molecule has 0 radical (unpaired) electrons. The smallest absolute Gasteiger partial charge is 0.422 e. The highest BCUT2D eigenvalue weighted by Crippen LogP contribution is 2.35. The number of anilines is 2. The number of piperidine rings is 1. The molecule has 3 N–H and O–H groups in total. The molecule has 38 heavy (non-hydrogen) atoms. The average Bonchev–Trinajstić information content (AvgIpc) is 3.50. The summed E-state index contributed by atoms with van der Waals surface area (Å²) in [6, 6.07) is 5.61. The highest BCUT2D eigenvalue weighted by Gasteiger charge is 2.40. The van der Waals surface area contributed by atoms with Crippen molar-refractivity contribution >= 4 is 23.5 Å². The number of carbonyl (C=O) groups is 2. The fraction of sp³-hybridized carbons (Fsp3) is 0.391. The standard InChI is InChI=1S/C23H24F3N9O3/c1-33-12-15(10-30-33)18-3-2-16(11-29-18)31-20-17(19(28)36)13-35(32-20)22(4-7-27)5-8-34(9-6-22)21(37)38-14-23(24,25)26/h2-3,10-13H,4-6,8-9,14H2,1H3,(H2,28,36)(H,31,32). The van der Waals surface area contributed by atoms with E-state index in [9.17, 15) is 28.0 Å². The summed E-state index contributed by atoms with van der Waals surface area (Å²) in [5, 5.41) is 21.1. The number of nitrogens with one attached hydrogen (secondary N) is 1. The minimum absolute atomic E-state index is 0.0148. The number of aromatic nitrogens is 5. The predicted octanol–water partition coefficient (Wildman–Crippen LogP) is 2.92. The minimum Gasteiger partial charge on any atom is -0.440 e. The molecule has 0 aliphatic carbocycles. The van der Waals surface area contributed by atoms with Crippen LogP contribution in [0.15, 0.2) is 36.9 Å². The van der Waals surface area contributed by atoms with Crippen LogP contribution in [0.2, 0.25) is 0 Å². The lowest BCUT2D eigenvalue weighted by atomic mass is 9.85. The zero-order chi connectivity index (χ0) is 27.5. The molecule has 2 amide bonds. The molecular weight excluding hydrogens is 507 g/mol. The molecule has 0 atom stereocenters. The van der Waals surface area contributed by atoms with Crippen molar-refractivity contribution in [3.05, 3.63) is 42.5 Å². The normalized spacial score (nSPS) is 15.1. The Morgan fingerprint density at radius 3 is 2.53 bits per heavy atom. The number of alkyl halides is 3. The van der Waals surface area contributed by atoms with Gasteiger partial charge in [0.15, 0.2) is 12.4 Å². The third kappa shape index (κ3) is 5.85. The van der Waals surface area contributed by atoms with Gasteiger partial charge in [-0.2, -0.15) is 28.6 Å². The lowest BCUT2D eigenvalue weighted by Crippen LogP contribution is -2.48. The van der Waals surface area contributed by atoms with Gasteiger partial charge in [0.25, 0.3) is 5.91 Å². The van der Waals surface area contributed by atoms with Gasteiger partial charge < -0.3 is 20.7 Å². The zero-order valence-corrected chi connectivity index (χ0v) is 20.3. The first-order valence-corrected chi connectivity index (χ1v) is 11.5. The summed E-state index contributed by atoms with van der Waals surface area (Å²) < 4.78 is 44.6. The van der Waals surface area contributed by atoms with Gasteiger partial charge in [0, 0.05) is 38.1 Å². The molecule has 0 saturated carbocycles. The molecule has 1 saturated heterocycles. The van der Waals surface area contributed by atoms with Crippen LogP contribution in [0.3, 0.4) is 0 Å². The van der Waals surface area contributed by atoms with Crippen LogP contribution in [0.1, 0.15) is 29.6 Å². The van der Waals surface area contributed by atoms with Crippen molar-refractivity contribution < 1.29 is 27.5 Å². The van der Waals surface area contributed by atoms with Gasteiger partial charge in [-0.25, -0.2) is 4.79 Å². The second kappa shape index (κ2) is 10.4. The Hall–Kier alpha value is -4.61. The van der Waals surface area contributed by atoms with Gasteiger partial charge in [-0.3, -0.25) is 19.1 Å². The highest BCUT2D eigenvalue weighted by molar-refractivity contribution is 5.98. The topological polar surface area (TPSA) is 157 Å². The fourth-order valence-corrected chi connectivity index (χ4v) is 4.19. The van der Waals surface area contributed by atoms with Crippen LogP contribution in [0.5, 0.6) is 0 Å². The average molecular weight is 531 g/mol. The molecule has 1 aliphatic heterocycles. The van der Waals surface area contributed by atoms with Gasteiger partial charge in [-0.1, -0.05) is 0 Å². The van der Waals surface area contributed by atoms with Gasteiger partial charge in [0.2, 0.25) is 0 Å². The maximum absolute atomic E-state index is 12.4. The van der Waals surface area contributed by atoms with E-state index in [2.05, 4.69) is 31.3 Å². The van der Waals surface area contributed by atoms with E-state index in [1.165, 1.54) is 10.9 Å². The Balaban J connectivity index is 1.52. The third-order valence-corrected chi connectivity index (χ3v) is 6.21. The van der Waals surface area contributed by atoms with Crippen molar-refractivity contribution in [3.63, 3.8) is 0 Å². The molecule has 0 unspecified atom stereocenters. The van der Waals surface area contributed by atoms with Crippen LogP contribution >= 0.6 is 0 Å². The van der Waals surface area contributed by atoms with E-state index < -0.39 is 30.3 Å². The number of halogens is 3. The van der Waals surface area contributed by atoms with Crippen molar-refractivity contribution in [3.8, 4) is 17.3 Å². The van der Waals surface area contributed by atoms with Crippen molar-refractivity contribution in [2.45, 2.75) is 31.0 Å². The summed E-state index contributed by atoms with van der Waals surface area (Å²) >= 11 is 0. The van der Waals surface area contributed by atoms with E-state index in [1.807, 2.05) is 6.20 Å². The maximum Gasteiger partial charge on any atom is 0.422 e. The molecule has 0 spiro atoms. The lowest BCUT2D eigenvalue weighted by Gasteiger charge is -2.40. The number of hydrogen-bond acceptors (Lipinski definition) is 8. The van der Waals surface area contributed by atoms with Gasteiger partial charge in [0.1, 0.15) is 5.56 Å². The summed E-state index contributed by atoms with van der Waals surface area (Å²) in [5.74, 6) is -0.600. The van der Waals surface area contributed by atoms with Crippen LogP contribution in [-0.2, 0) is 17.3 Å². The number of aryl methyl sites for hydroxylation is 1. The van der Waals surface area contributed by atoms with E-state index in [0.717, 1.165) is 10.5 Å². The number of primary amides is 1. The number of pyridine rings is 1. The highest BCUT2D eigenvalue weighted by atomic mass is 19.4. The van der Waals surface area contributed by atoms with Gasteiger partial charge in [-0.15, -0.1) is 0 Å².